The lowest BCUT2D eigenvalue weighted by Crippen LogP contribution is -2.43. The molecule has 3 N–H and O–H groups in total. The SMILES string of the molecule is CN(Cc1ccncc1)c1nc(Cl)nc(NNC(=O)[C@@H](CNC(=O)OC2CCCCO2)CC2CCCC2)c1F. The molecule has 2 fully saturated rings. The highest BCUT2D eigenvalue weighted by Crippen LogP contribution is 2.30. The Hall–Kier alpha value is -3.25. The van der Waals surface area contributed by atoms with Crippen molar-refractivity contribution in [2.45, 2.75) is 64.2 Å². The number of alkyl carbamates (subject to hydrolysis) is 1. The van der Waals surface area contributed by atoms with Crippen LogP contribution < -0.4 is 21.1 Å². The van der Waals surface area contributed by atoms with Gasteiger partial charge in [0.25, 0.3) is 0 Å². The Bertz CT molecular complexity index is 1100. The number of hydrogen-bond acceptors (Lipinski definition) is 9. The first-order valence-corrected chi connectivity index (χ1v) is 13.7. The van der Waals surface area contributed by atoms with Gasteiger partial charge in [0.05, 0.1) is 12.5 Å². The van der Waals surface area contributed by atoms with E-state index in [2.05, 4.69) is 31.1 Å². The maximum Gasteiger partial charge on any atom is 0.409 e. The number of amides is 2. The van der Waals surface area contributed by atoms with E-state index < -0.39 is 30.0 Å². The number of pyridine rings is 1. The molecule has 1 aliphatic carbocycles. The zero-order valence-corrected chi connectivity index (χ0v) is 22.8. The molecule has 39 heavy (non-hydrogen) atoms. The lowest BCUT2D eigenvalue weighted by molar-refractivity contribution is -0.127. The Morgan fingerprint density at radius 1 is 1.18 bits per heavy atom. The lowest BCUT2D eigenvalue weighted by Gasteiger charge is -2.24. The van der Waals surface area contributed by atoms with E-state index in [4.69, 9.17) is 21.1 Å². The largest absolute Gasteiger partial charge is 0.420 e. The summed E-state index contributed by atoms with van der Waals surface area (Å²) in [5.41, 5.74) is 6.00. The average Bonchev–Trinajstić information content (AvgIpc) is 3.45. The zero-order valence-electron chi connectivity index (χ0n) is 22.0. The summed E-state index contributed by atoms with van der Waals surface area (Å²) in [7, 11) is 1.67. The van der Waals surface area contributed by atoms with E-state index in [-0.39, 0.29) is 23.5 Å². The number of hydrazine groups is 1. The van der Waals surface area contributed by atoms with Gasteiger partial charge in [-0.25, -0.2) is 4.79 Å². The molecule has 2 aliphatic rings. The number of nitrogens with zero attached hydrogens (tertiary/aromatic N) is 4. The third kappa shape index (κ3) is 8.62. The minimum absolute atomic E-state index is 0.0274. The first-order valence-electron chi connectivity index (χ1n) is 13.3. The van der Waals surface area contributed by atoms with Crippen LogP contribution in [-0.2, 0) is 20.8 Å². The second-order valence-corrected chi connectivity index (χ2v) is 10.3. The van der Waals surface area contributed by atoms with Crippen LogP contribution in [0, 0.1) is 17.7 Å². The van der Waals surface area contributed by atoms with Crippen LogP contribution in [0.3, 0.4) is 0 Å². The van der Waals surface area contributed by atoms with E-state index in [0.717, 1.165) is 44.1 Å². The number of carbonyl (C=O) groups is 2. The van der Waals surface area contributed by atoms with Gasteiger partial charge in [-0.05, 0) is 54.5 Å². The van der Waals surface area contributed by atoms with E-state index in [0.29, 0.717) is 31.9 Å². The summed E-state index contributed by atoms with van der Waals surface area (Å²) in [5.74, 6) is -1.65. The van der Waals surface area contributed by atoms with Crippen LogP contribution >= 0.6 is 11.6 Å². The van der Waals surface area contributed by atoms with Gasteiger partial charge in [-0.1, -0.05) is 25.7 Å². The van der Waals surface area contributed by atoms with Crippen molar-refractivity contribution < 1.29 is 23.5 Å². The molecule has 0 aromatic carbocycles. The summed E-state index contributed by atoms with van der Waals surface area (Å²) in [4.78, 5) is 39.0. The molecule has 212 valence electrons. The molecule has 4 rings (SSSR count). The molecular formula is C26H35ClFN7O4. The van der Waals surface area contributed by atoms with E-state index >= 15 is 4.39 Å². The fraction of sp³-hybridized carbons (Fsp3) is 0.577. The number of anilines is 2. The molecule has 1 saturated heterocycles. The zero-order chi connectivity index (χ0) is 27.6. The number of nitrogens with one attached hydrogen (secondary N) is 3. The number of carbonyl (C=O) groups excluding carboxylic acids is 2. The summed E-state index contributed by atoms with van der Waals surface area (Å²) in [6.45, 7) is 0.986. The number of halogens is 2. The Morgan fingerprint density at radius 3 is 2.64 bits per heavy atom. The number of aromatic nitrogens is 3. The van der Waals surface area contributed by atoms with Gasteiger partial charge in [0.1, 0.15) is 0 Å². The first-order chi connectivity index (χ1) is 18.9. The molecule has 1 aliphatic heterocycles. The van der Waals surface area contributed by atoms with Gasteiger partial charge in [0, 0.05) is 39.0 Å². The molecule has 11 nitrogen and oxygen atoms in total. The Labute approximate surface area is 232 Å². The van der Waals surface area contributed by atoms with Gasteiger partial charge in [-0.15, -0.1) is 0 Å². The van der Waals surface area contributed by atoms with E-state index in [1.165, 1.54) is 0 Å². The van der Waals surface area contributed by atoms with Gasteiger partial charge in [0.15, 0.2) is 11.6 Å². The minimum Gasteiger partial charge on any atom is -0.420 e. The minimum atomic E-state index is -0.766. The average molecular weight is 564 g/mol. The monoisotopic (exact) mass is 563 g/mol. The molecule has 13 heteroatoms. The molecule has 2 aromatic rings. The molecular weight excluding hydrogens is 529 g/mol. The van der Waals surface area contributed by atoms with Gasteiger partial charge < -0.3 is 19.7 Å². The van der Waals surface area contributed by atoms with Crippen molar-refractivity contribution in [2.75, 3.05) is 30.5 Å². The molecule has 1 saturated carbocycles. The smallest absolute Gasteiger partial charge is 0.409 e. The van der Waals surface area contributed by atoms with Gasteiger partial charge in [-0.3, -0.25) is 20.6 Å². The molecule has 0 bridgehead atoms. The van der Waals surface area contributed by atoms with Gasteiger partial charge in [0.2, 0.25) is 23.3 Å². The summed E-state index contributed by atoms with van der Waals surface area (Å²) < 4.78 is 26.1. The predicted molar refractivity (Wildman–Crippen MR) is 143 cm³/mol. The highest BCUT2D eigenvalue weighted by molar-refractivity contribution is 6.28. The van der Waals surface area contributed by atoms with Crippen molar-refractivity contribution in [1.29, 1.82) is 0 Å². The lowest BCUT2D eigenvalue weighted by atomic mass is 9.92. The van der Waals surface area contributed by atoms with Crippen LogP contribution in [0.25, 0.3) is 0 Å². The standard InChI is InChI=1S/C26H35ClFN7O4/c1-35(16-18-9-11-29-12-10-18)23-21(28)22(31-25(27)32-23)33-34-24(36)19(14-17-6-2-3-7-17)15-30-26(37)39-20-8-4-5-13-38-20/h9-12,17,19-20H,2-8,13-16H2,1H3,(H,30,37)(H,34,36)(H,31,32,33)/t19-,20?/m1/s1. The Morgan fingerprint density at radius 2 is 1.92 bits per heavy atom. The van der Waals surface area contributed by atoms with Gasteiger partial charge >= 0.3 is 6.09 Å². The van der Waals surface area contributed by atoms with Crippen LogP contribution in [0.2, 0.25) is 5.28 Å². The molecule has 0 spiro atoms. The fourth-order valence-electron chi connectivity index (χ4n) is 4.91. The van der Waals surface area contributed by atoms with Crippen molar-refractivity contribution in [3.63, 3.8) is 0 Å². The molecule has 2 amide bonds. The van der Waals surface area contributed by atoms with E-state index in [1.54, 1.807) is 24.3 Å². The molecule has 0 radical (unpaired) electrons. The normalized spacial score (nSPS) is 18.3. The summed E-state index contributed by atoms with van der Waals surface area (Å²) in [6.07, 6.45) is 9.50. The first kappa shape index (κ1) is 28.8. The third-order valence-electron chi connectivity index (χ3n) is 6.97. The van der Waals surface area contributed by atoms with Crippen LogP contribution in [0.1, 0.15) is 56.9 Å². The molecule has 2 atom stereocenters. The van der Waals surface area contributed by atoms with Crippen molar-refractivity contribution >= 4 is 35.2 Å². The fourth-order valence-corrected chi connectivity index (χ4v) is 5.07. The van der Waals surface area contributed by atoms with E-state index in [1.807, 2.05) is 12.1 Å². The topological polar surface area (TPSA) is 131 Å². The van der Waals surface area contributed by atoms with Crippen molar-refractivity contribution in [3.8, 4) is 0 Å². The second kappa shape index (κ2) is 14.2. The third-order valence-corrected chi connectivity index (χ3v) is 7.14. The van der Waals surface area contributed by atoms with Crippen LogP contribution in [0.5, 0.6) is 0 Å². The van der Waals surface area contributed by atoms with Crippen molar-refractivity contribution in [3.05, 3.63) is 41.2 Å². The van der Waals surface area contributed by atoms with E-state index in [9.17, 15) is 9.59 Å². The van der Waals surface area contributed by atoms with Crippen LogP contribution in [0.4, 0.5) is 20.8 Å². The molecule has 2 aromatic heterocycles. The van der Waals surface area contributed by atoms with Crippen LogP contribution in [-0.4, -0.2) is 53.4 Å². The summed E-state index contributed by atoms with van der Waals surface area (Å²) >= 11 is 6.07. The number of rotatable bonds is 11. The number of ether oxygens (including phenoxy) is 2. The van der Waals surface area contributed by atoms with Crippen LogP contribution in [0.15, 0.2) is 24.5 Å². The second-order valence-electron chi connectivity index (χ2n) is 9.97. The predicted octanol–water partition coefficient (Wildman–Crippen LogP) is 4.19. The maximum absolute atomic E-state index is 15.3. The summed E-state index contributed by atoms with van der Waals surface area (Å²) in [6, 6.07) is 3.63. The van der Waals surface area contributed by atoms with Crippen molar-refractivity contribution in [2.24, 2.45) is 11.8 Å². The number of hydrogen-bond donors (Lipinski definition) is 3. The van der Waals surface area contributed by atoms with Crippen molar-refractivity contribution in [1.82, 2.24) is 25.7 Å². The molecule has 3 heterocycles. The molecule has 1 unspecified atom stereocenters. The Kier molecular flexibility index (Phi) is 10.5. The quantitative estimate of drug-likeness (QED) is 0.272. The van der Waals surface area contributed by atoms with Gasteiger partial charge in [-0.2, -0.15) is 14.4 Å². The maximum atomic E-state index is 15.3. The summed E-state index contributed by atoms with van der Waals surface area (Å²) in [5, 5.41) is 2.51. The highest BCUT2D eigenvalue weighted by Gasteiger charge is 2.27. The highest BCUT2D eigenvalue weighted by atomic mass is 35.5. The Balaban J connectivity index is 1.37.